The topological polar surface area (TPSA) is 45.4 Å². The van der Waals surface area contributed by atoms with Crippen LogP contribution in [0.4, 0.5) is 5.13 Å². The lowest BCUT2D eigenvalue weighted by Gasteiger charge is -2.38. The first-order chi connectivity index (χ1) is 10.6. The molecule has 0 saturated carbocycles. The van der Waals surface area contributed by atoms with Gasteiger partial charge in [0.15, 0.2) is 5.13 Å². The summed E-state index contributed by atoms with van der Waals surface area (Å²) in [5.41, 5.74) is 6.91. The summed E-state index contributed by atoms with van der Waals surface area (Å²) < 4.78 is 0. The molecule has 6 heteroatoms. The molecule has 2 N–H and O–H groups in total. The first-order valence-corrected chi connectivity index (χ1v) is 8.74. The maximum Gasteiger partial charge on any atom is 0.180 e. The summed E-state index contributed by atoms with van der Waals surface area (Å²) in [5.74, 6) is 0. The van der Waals surface area contributed by atoms with Crippen LogP contribution in [-0.2, 0) is 6.54 Å². The largest absolute Gasteiger partial charge is 0.375 e. The van der Waals surface area contributed by atoms with Crippen molar-refractivity contribution < 1.29 is 0 Å². The molecule has 2 heterocycles. The molecule has 1 fully saturated rings. The molecule has 0 bridgehead atoms. The fourth-order valence-corrected chi connectivity index (χ4v) is 3.96. The molecule has 1 saturated heterocycles. The van der Waals surface area contributed by atoms with Crippen molar-refractivity contribution in [2.75, 3.05) is 31.9 Å². The van der Waals surface area contributed by atoms with E-state index in [2.05, 4.69) is 33.8 Å². The van der Waals surface area contributed by atoms with Crippen molar-refractivity contribution in [2.24, 2.45) is 0 Å². The maximum atomic E-state index is 6.32. The summed E-state index contributed by atoms with van der Waals surface area (Å²) in [4.78, 5) is 10.3. The Hall–Kier alpha value is -1.14. The highest BCUT2D eigenvalue weighted by Gasteiger charge is 2.23. The minimum absolute atomic E-state index is 0.356. The Kier molecular flexibility index (Phi) is 4.98. The summed E-state index contributed by atoms with van der Waals surface area (Å²) in [6.07, 6.45) is 1.89. The Bertz CT molecular complexity index is 622. The van der Waals surface area contributed by atoms with Crippen LogP contribution in [0.5, 0.6) is 0 Å². The van der Waals surface area contributed by atoms with Gasteiger partial charge in [-0.2, -0.15) is 0 Å². The number of thiazole rings is 1. The van der Waals surface area contributed by atoms with Crippen LogP contribution in [0.15, 0.2) is 30.5 Å². The van der Waals surface area contributed by atoms with Crippen molar-refractivity contribution in [1.82, 2.24) is 14.8 Å². The molecule has 1 aliphatic heterocycles. The number of halogens is 1. The van der Waals surface area contributed by atoms with E-state index in [1.807, 2.05) is 18.3 Å². The molecule has 0 amide bonds. The summed E-state index contributed by atoms with van der Waals surface area (Å²) in [7, 11) is 0. The highest BCUT2D eigenvalue weighted by Crippen LogP contribution is 2.28. The van der Waals surface area contributed by atoms with E-state index in [1.54, 1.807) is 11.3 Å². The SMILES string of the molecule is CC(c1ccccc1Cl)N1CCN(Cc2cnc(N)s2)CC1. The van der Waals surface area contributed by atoms with Crippen LogP contribution in [0.2, 0.25) is 5.02 Å². The summed E-state index contributed by atoms with van der Waals surface area (Å²) in [5, 5.41) is 1.51. The van der Waals surface area contributed by atoms with Crippen LogP contribution in [0.25, 0.3) is 0 Å². The second kappa shape index (κ2) is 6.96. The lowest BCUT2D eigenvalue weighted by molar-refractivity contribution is 0.0985. The Balaban J connectivity index is 1.56. The van der Waals surface area contributed by atoms with Crippen molar-refractivity contribution in [3.63, 3.8) is 0 Å². The molecule has 1 unspecified atom stereocenters. The smallest absolute Gasteiger partial charge is 0.180 e. The number of nitrogens with zero attached hydrogens (tertiary/aromatic N) is 3. The van der Waals surface area contributed by atoms with Crippen LogP contribution < -0.4 is 5.73 Å². The monoisotopic (exact) mass is 336 g/mol. The Morgan fingerprint density at radius 3 is 2.64 bits per heavy atom. The second-order valence-corrected chi connectivity index (χ2v) is 7.23. The van der Waals surface area contributed by atoms with Crippen molar-refractivity contribution in [3.05, 3.63) is 45.9 Å². The highest BCUT2D eigenvalue weighted by molar-refractivity contribution is 7.15. The van der Waals surface area contributed by atoms with E-state index >= 15 is 0 Å². The average molecular weight is 337 g/mol. The molecule has 1 aromatic carbocycles. The zero-order valence-corrected chi connectivity index (χ0v) is 14.3. The maximum absolute atomic E-state index is 6.32. The number of hydrogen-bond acceptors (Lipinski definition) is 5. The third-order valence-corrected chi connectivity index (χ3v) is 5.42. The molecule has 0 spiro atoms. The van der Waals surface area contributed by atoms with Gasteiger partial charge in [0.2, 0.25) is 0 Å². The molecular formula is C16H21ClN4S. The first-order valence-electron chi connectivity index (χ1n) is 7.54. The molecule has 1 atom stereocenters. The average Bonchev–Trinajstić information content (AvgIpc) is 2.93. The standard InChI is InChI=1S/C16H21ClN4S/c1-12(14-4-2-3-5-15(14)17)21-8-6-20(7-9-21)11-13-10-19-16(18)22-13/h2-5,10,12H,6-9,11H2,1H3,(H2,18,19). The number of anilines is 1. The fourth-order valence-electron chi connectivity index (χ4n) is 2.94. The Morgan fingerprint density at radius 2 is 2.00 bits per heavy atom. The third-order valence-electron chi connectivity index (χ3n) is 4.26. The highest BCUT2D eigenvalue weighted by atomic mass is 35.5. The number of piperazine rings is 1. The molecule has 118 valence electrons. The summed E-state index contributed by atoms with van der Waals surface area (Å²) in [6, 6.07) is 8.49. The Morgan fingerprint density at radius 1 is 1.27 bits per heavy atom. The predicted octanol–water partition coefficient (Wildman–Crippen LogP) is 3.26. The number of aromatic nitrogens is 1. The van der Waals surface area contributed by atoms with Crippen molar-refractivity contribution in [1.29, 1.82) is 0 Å². The van der Waals surface area contributed by atoms with Crippen molar-refractivity contribution in [3.8, 4) is 0 Å². The van der Waals surface area contributed by atoms with Gasteiger partial charge < -0.3 is 5.73 Å². The molecule has 2 aromatic rings. The number of rotatable bonds is 4. The molecule has 4 nitrogen and oxygen atoms in total. The molecule has 0 radical (unpaired) electrons. The minimum atomic E-state index is 0.356. The zero-order chi connectivity index (χ0) is 15.5. The van der Waals surface area contributed by atoms with E-state index in [4.69, 9.17) is 17.3 Å². The van der Waals surface area contributed by atoms with Gasteiger partial charge in [0.05, 0.1) is 0 Å². The normalized spacial score (nSPS) is 18.5. The molecule has 1 aliphatic rings. The molecule has 1 aromatic heterocycles. The lowest BCUT2D eigenvalue weighted by atomic mass is 10.1. The van der Waals surface area contributed by atoms with E-state index < -0.39 is 0 Å². The van der Waals surface area contributed by atoms with Gasteiger partial charge >= 0.3 is 0 Å². The number of hydrogen-bond donors (Lipinski definition) is 1. The Labute approximate surface area is 140 Å². The quantitative estimate of drug-likeness (QED) is 0.930. The van der Waals surface area contributed by atoms with E-state index in [1.165, 1.54) is 10.4 Å². The van der Waals surface area contributed by atoms with Gasteiger partial charge in [-0.3, -0.25) is 9.80 Å². The predicted molar refractivity (Wildman–Crippen MR) is 93.2 cm³/mol. The van der Waals surface area contributed by atoms with Gasteiger partial charge in [0.25, 0.3) is 0 Å². The number of nitrogen functional groups attached to an aromatic ring is 1. The summed E-state index contributed by atoms with van der Waals surface area (Å²) in [6.45, 7) is 7.42. The van der Waals surface area contributed by atoms with E-state index in [0.29, 0.717) is 11.2 Å². The van der Waals surface area contributed by atoms with Gasteiger partial charge in [0, 0.05) is 54.9 Å². The second-order valence-electron chi connectivity index (χ2n) is 5.67. The van der Waals surface area contributed by atoms with Crippen LogP contribution in [0.3, 0.4) is 0 Å². The minimum Gasteiger partial charge on any atom is -0.375 e. The van der Waals surface area contributed by atoms with E-state index in [9.17, 15) is 0 Å². The molecule has 3 rings (SSSR count). The molecule has 0 aliphatic carbocycles. The first kappa shape index (κ1) is 15.7. The molecular weight excluding hydrogens is 316 g/mol. The van der Waals surface area contributed by atoms with Crippen LogP contribution in [-0.4, -0.2) is 41.0 Å². The zero-order valence-electron chi connectivity index (χ0n) is 12.7. The van der Waals surface area contributed by atoms with Gasteiger partial charge in [-0.1, -0.05) is 29.8 Å². The van der Waals surface area contributed by atoms with Gasteiger partial charge in [0.1, 0.15) is 0 Å². The van der Waals surface area contributed by atoms with Crippen LogP contribution >= 0.6 is 22.9 Å². The number of benzene rings is 1. The van der Waals surface area contributed by atoms with Crippen LogP contribution in [0, 0.1) is 0 Å². The third kappa shape index (κ3) is 3.60. The van der Waals surface area contributed by atoms with Gasteiger partial charge in [-0.05, 0) is 18.6 Å². The number of nitrogens with two attached hydrogens (primary N) is 1. The molecule has 22 heavy (non-hydrogen) atoms. The summed E-state index contributed by atoms with van der Waals surface area (Å²) >= 11 is 7.90. The van der Waals surface area contributed by atoms with Crippen molar-refractivity contribution >= 4 is 28.1 Å². The fraction of sp³-hybridized carbons (Fsp3) is 0.438. The van der Waals surface area contributed by atoms with Crippen LogP contribution in [0.1, 0.15) is 23.4 Å². The lowest BCUT2D eigenvalue weighted by Crippen LogP contribution is -2.46. The van der Waals surface area contributed by atoms with E-state index in [0.717, 1.165) is 37.7 Å². The van der Waals surface area contributed by atoms with Gasteiger partial charge in [-0.25, -0.2) is 4.98 Å². The van der Waals surface area contributed by atoms with E-state index in [-0.39, 0.29) is 0 Å². The van der Waals surface area contributed by atoms with Gasteiger partial charge in [-0.15, -0.1) is 11.3 Å². The van der Waals surface area contributed by atoms with Crippen molar-refractivity contribution in [2.45, 2.75) is 19.5 Å².